The van der Waals surface area contributed by atoms with E-state index in [1.54, 1.807) is 32.0 Å². The lowest BCUT2D eigenvalue weighted by Gasteiger charge is -2.23. The summed E-state index contributed by atoms with van der Waals surface area (Å²) in [5.74, 6) is -1.36. The Labute approximate surface area is 156 Å². The number of esters is 1. The van der Waals surface area contributed by atoms with Gasteiger partial charge in [0.25, 0.3) is 0 Å². The van der Waals surface area contributed by atoms with E-state index in [2.05, 4.69) is 10.4 Å². The number of hydrogen-bond donors (Lipinski definition) is 1. The zero-order valence-electron chi connectivity index (χ0n) is 15.1. The molecule has 0 aliphatic carbocycles. The first-order chi connectivity index (χ1) is 13.0. The Bertz CT molecular complexity index is 883. The van der Waals surface area contributed by atoms with E-state index in [1.165, 1.54) is 17.1 Å². The maximum atomic E-state index is 13.5. The van der Waals surface area contributed by atoms with Crippen molar-refractivity contribution in [2.45, 2.75) is 26.3 Å². The second-order valence-corrected chi connectivity index (χ2v) is 6.12. The van der Waals surface area contributed by atoms with Crippen LogP contribution in [0.4, 0.5) is 15.8 Å². The Balaban J connectivity index is 1.86. The van der Waals surface area contributed by atoms with Gasteiger partial charge in [-0.15, -0.1) is 0 Å². The molecule has 0 spiro atoms. The molecule has 27 heavy (non-hydrogen) atoms. The average Bonchev–Trinajstić information content (AvgIpc) is 3.11. The van der Waals surface area contributed by atoms with Crippen molar-refractivity contribution in [3.8, 4) is 0 Å². The summed E-state index contributed by atoms with van der Waals surface area (Å²) in [5.41, 5.74) is 1.97. The molecule has 1 aliphatic heterocycles. The lowest BCUT2D eigenvalue weighted by Crippen LogP contribution is -2.39. The van der Waals surface area contributed by atoms with Crippen molar-refractivity contribution in [3.63, 3.8) is 0 Å². The van der Waals surface area contributed by atoms with E-state index in [0.29, 0.717) is 11.4 Å². The number of anilines is 2. The number of ether oxygens (including phenoxy) is 1. The molecule has 1 N–H and O–H groups in total. The van der Waals surface area contributed by atoms with Gasteiger partial charge in [0.05, 0.1) is 12.3 Å². The molecular formula is C20H20FN3O3. The van der Waals surface area contributed by atoms with Crippen LogP contribution in [0.5, 0.6) is 0 Å². The number of hydrazone groups is 1. The number of amides is 1. The normalized spacial score (nSPS) is 16.0. The maximum Gasteiger partial charge on any atom is 0.354 e. The number of nitrogens with one attached hydrogen (secondary N) is 1. The summed E-state index contributed by atoms with van der Waals surface area (Å²) in [4.78, 5) is 25.0. The predicted octanol–water partition coefficient (Wildman–Crippen LogP) is 3.27. The van der Waals surface area contributed by atoms with Gasteiger partial charge >= 0.3 is 5.97 Å². The van der Waals surface area contributed by atoms with E-state index in [9.17, 15) is 14.0 Å². The summed E-state index contributed by atoms with van der Waals surface area (Å²) in [7, 11) is 0. The summed E-state index contributed by atoms with van der Waals surface area (Å²) in [6, 6.07) is 12.5. The number of carbonyl (C=O) groups excluding carboxylic acids is 2. The Kier molecular flexibility index (Phi) is 5.49. The number of nitrogens with zero attached hydrogens (tertiary/aromatic N) is 2. The highest BCUT2D eigenvalue weighted by Gasteiger charge is 2.37. The quantitative estimate of drug-likeness (QED) is 0.821. The second kappa shape index (κ2) is 7.99. The molecule has 2 aromatic rings. The number of carbonyl (C=O) groups is 2. The Morgan fingerprint density at radius 1 is 1.26 bits per heavy atom. The van der Waals surface area contributed by atoms with Crippen LogP contribution < -0.4 is 10.3 Å². The largest absolute Gasteiger partial charge is 0.461 e. The highest BCUT2D eigenvalue weighted by Crippen LogP contribution is 2.26. The molecule has 0 saturated heterocycles. The number of hydrogen-bond acceptors (Lipinski definition) is 5. The van der Waals surface area contributed by atoms with Gasteiger partial charge in [0.2, 0.25) is 5.91 Å². The second-order valence-electron chi connectivity index (χ2n) is 6.12. The van der Waals surface area contributed by atoms with E-state index in [1.807, 2.05) is 18.2 Å². The molecule has 0 aromatic heterocycles. The van der Waals surface area contributed by atoms with Crippen molar-refractivity contribution >= 4 is 29.0 Å². The predicted molar refractivity (Wildman–Crippen MR) is 101 cm³/mol. The molecule has 3 rings (SSSR count). The molecule has 6 nitrogen and oxygen atoms in total. The lowest BCUT2D eigenvalue weighted by molar-refractivity contribution is -0.135. The van der Waals surface area contributed by atoms with Gasteiger partial charge in [-0.25, -0.2) is 9.18 Å². The molecule has 1 amide bonds. The van der Waals surface area contributed by atoms with Crippen LogP contribution in [0.15, 0.2) is 53.6 Å². The summed E-state index contributed by atoms with van der Waals surface area (Å²) < 4.78 is 18.5. The summed E-state index contributed by atoms with van der Waals surface area (Å²) in [5, 5.41) is 8.54. The van der Waals surface area contributed by atoms with Crippen LogP contribution in [-0.2, 0) is 14.3 Å². The minimum absolute atomic E-state index is 0.105. The fraction of sp³-hybridized carbons (Fsp3) is 0.250. The van der Waals surface area contributed by atoms with Crippen LogP contribution in [0.3, 0.4) is 0 Å². The van der Waals surface area contributed by atoms with E-state index < -0.39 is 17.8 Å². The van der Waals surface area contributed by atoms with Crippen molar-refractivity contribution < 1.29 is 18.7 Å². The summed E-state index contributed by atoms with van der Waals surface area (Å²) >= 11 is 0. The first-order valence-corrected chi connectivity index (χ1v) is 8.65. The van der Waals surface area contributed by atoms with Gasteiger partial charge in [0.15, 0.2) is 0 Å². The first-order valence-electron chi connectivity index (χ1n) is 8.65. The minimum atomic E-state index is -0.741. The first kappa shape index (κ1) is 18.6. The third-order valence-corrected chi connectivity index (χ3v) is 4.20. The Morgan fingerprint density at radius 2 is 2.00 bits per heavy atom. The molecule has 2 aromatic carbocycles. The van der Waals surface area contributed by atoms with Crippen LogP contribution in [-0.4, -0.2) is 30.2 Å². The summed E-state index contributed by atoms with van der Waals surface area (Å²) in [6.07, 6.45) is 0.105. The monoisotopic (exact) mass is 369 g/mol. The zero-order chi connectivity index (χ0) is 19.4. The average molecular weight is 369 g/mol. The maximum absolute atomic E-state index is 13.5. The molecule has 0 saturated carbocycles. The van der Waals surface area contributed by atoms with Gasteiger partial charge < -0.3 is 10.1 Å². The van der Waals surface area contributed by atoms with Crippen LogP contribution >= 0.6 is 0 Å². The molecule has 140 valence electrons. The van der Waals surface area contributed by atoms with Crippen molar-refractivity contribution in [3.05, 3.63) is 59.9 Å². The number of benzene rings is 2. The standard InChI is InChI=1S/C20H20FN3O3/c1-3-27-20(26)17-12-18(24(23-17)15-7-5-4-6-8-15)19(25)22-16-11-14(21)10-9-13(16)2/h4-11,18H,3,12H2,1-2H3,(H,22,25). The fourth-order valence-electron chi connectivity index (χ4n) is 2.82. The van der Waals surface area contributed by atoms with Gasteiger partial charge in [-0.3, -0.25) is 9.80 Å². The van der Waals surface area contributed by atoms with Gasteiger partial charge in [0, 0.05) is 12.1 Å². The number of halogens is 1. The van der Waals surface area contributed by atoms with Crippen molar-refractivity contribution in [2.75, 3.05) is 16.9 Å². The smallest absolute Gasteiger partial charge is 0.354 e. The topological polar surface area (TPSA) is 71.0 Å². The lowest BCUT2D eigenvalue weighted by atomic mass is 10.1. The van der Waals surface area contributed by atoms with E-state index in [0.717, 1.165) is 5.56 Å². The third kappa shape index (κ3) is 4.13. The van der Waals surface area contributed by atoms with E-state index >= 15 is 0 Å². The Hall–Kier alpha value is -3.22. The van der Waals surface area contributed by atoms with Crippen molar-refractivity contribution in [2.24, 2.45) is 5.10 Å². The number of rotatable bonds is 5. The molecule has 0 radical (unpaired) electrons. The third-order valence-electron chi connectivity index (χ3n) is 4.20. The van der Waals surface area contributed by atoms with E-state index in [-0.39, 0.29) is 24.6 Å². The minimum Gasteiger partial charge on any atom is -0.461 e. The molecule has 7 heteroatoms. The number of aryl methyl sites for hydroxylation is 1. The fourth-order valence-corrected chi connectivity index (χ4v) is 2.82. The van der Waals surface area contributed by atoms with Crippen LogP contribution in [0.1, 0.15) is 18.9 Å². The van der Waals surface area contributed by atoms with Crippen LogP contribution in [0, 0.1) is 12.7 Å². The molecule has 1 unspecified atom stereocenters. The van der Waals surface area contributed by atoms with Crippen LogP contribution in [0.25, 0.3) is 0 Å². The van der Waals surface area contributed by atoms with Crippen molar-refractivity contribution in [1.82, 2.24) is 0 Å². The number of para-hydroxylation sites is 1. The molecule has 1 heterocycles. The van der Waals surface area contributed by atoms with Crippen molar-refractivity contribution in [1.29, 1.82) is 0 Å². The highest BCUT2D eigenvalue weighted by atomic mass is 19.1. The van der Waals surface area contributed by atoms with Gasteiger partial charge in [0.1, 0.15) is 17.6 Å². The molecule has 1 aliphatic rings. The van der Waals surface area contributed by atoms with E-state index in [4.69, 9.17) is 4.74 Å². The molecular weight excluding hydrogens is 349 g/mol. The van der Waals surface area contributed by atoms with Crippen LogP contribution in [0.2, 0.25) is 0 Å². The van der Waals surface area contributed by atoms with Gasteiger partial charge in [-0.2, -0.15) is 5.10 Å². The zero-order valence-corrected chi connectivity index (χ0v) is 15.1. The van der Waals surface area contributed by atoms with Gasteiger partial charge in [-0.1, -0.05) is 24.3 Å². The molecule has 0 fully saturated rings. The Morgan fingerprint density at radius 3 is 2.70 bits per heavy atom. The summed E-state index contributed by atoms with van der Waals surface area (Å²) in [6.45, 7) is 3.71. The molecule has 1 atom stereocenters. The highest BCUT2D eigenvalue weighted by molar-refractivity contribution is 6.38. The van der Waals surface area contributed by atoms with Gasteiger partial charge in [-0.05, 0) is 43.7 Å². The molecule has 0 bridgehead atoms. The SMILES string of the molecule is CCOC(=O)C1=NN(c2ccccc2)C(C(=O)Nc2cc(F)ccc2C)C1.